The van der Waals surface area contributed by atoms with Crippen molar-refractivity contribution in [1.82, 2.24) is 0 Å². The molecular formula is C12H27NO. The Morgan fingerprint density at radius 2 is 1.57 bits per heavy atom. The van der Waals surface area contributed by atoms with Crippen molar-refractivity contribution in [3.8, 4) is 0 Å². The van der Waals surface area contributed by atoms with Gasteiger partial charge in [0.25, 0.3) is 0 Å². The summed E-state index contributed by atoms with van der Waals surface area (Å²) in [6, 6.07) is 0. The predicted molar refractivity (Wildman–Crippen MR) is 65.4 cm³/mol. The van der Waals surface area contributed by atoms with Crippen molar-refractivity contribution in [2.45, 2.75) is 51.9 Å². The molecule has 0 aliphatic carbocycles. The zero-order chi connectivity index (χ0) is 11.1. The molecule has 0 heterocycles. The second kappa shape index (κ2) is 18.2. The SMILES string of the molecule is C=CC=O.CCCCCCCCCN.[HH]. The standard InChI is InChI=1S/C9H21N.C3H4O.H2/c1-2-3-4-5-6-7-8-9-10;1-2-3-4;/h2-10H2,1H3;2-3H,1H2;1H. The van der Waals surface area contributed by atoms with Crippen LogP contribution in [0, 0.1) is 0 Å². The number of carbonyl (C=O) groups excluding carboxylic acids is 1. The van der Waals surface area contributed by atoms with E-state index < -0.39 is 0 Å². The molecule has 0 aliphatic heterocycles. The fourth-order valence-electron chi connectivity index (χ4n) is 1.10. The van der Waals surface area contributed by atoms with Crippen molar-refractivity contribution >= 4 is 6.29 Å². The normalized spacial score (nSPS) is 8.71. The maximum atomic E-state index is 9.06. The van der Waals surface area contributed by atoms with E-state index in [9.17, 15) is 0 Å². The average Bonchev–Trinajstić information content (AvgIpc) is 2.24. The van der Waals surface area contributed by atoms with Crippen molar-refractivity contribution in [2.24, 2.45) is 5.73 Å². The summed E-state index contributed by atoms with van der Waals surface area (Å²) in [6.07, 6.45) is 11.3. The van der Waals surface area contributed by atoms with Crippen molar-refractivity contribution in [3.63, 3.8) is 0 Å². The smallest absolute Gasteiger partial charge is 0.142 e. The summed E-state index contributed by atoms with van der Waals surface area (Å²) in [7, 11) is 0. The number of hydrogen-bond acceptors (Lipinski definition) is 2. The maximum absolute atomic E-state index is 9.06. The minimum absolute atomic E-state index is 0. The Morgan fingerprint density at radius 3 is 1.93 bits per heavy atom. The van der Waals surface area contributed by atoms with E-state index >= 15 is 0 Å². The number of carbonyl (C=O) groups is 1. The van der Waals surface area contributed by atoms with E-state index in [0.717, 1.165) is 6.54 Å². The van der Waals surface area contributed by atoms with Gasteiger partial charge in [0.1, 0.15) is 6.29 Å². The fourth-order valence-corrected chi connectivity index (χ4v) is 1.10. The first kappa shape index (κ1) is 15.8. The highest BCUT2D eigenvalue weighted by Gasteiger charge is 1.87. The number of hydrogen-bond donors (Lipinski definition) is 1. The fraction of sp³-hybridized carbons (Fsp3) is 0.750. The van der Waals surface area contributed by atoms with Gasteiger partial charge < -0.3 is 5.73 Å². The summed E-state index contributed by atoms with van der Waals surface area (Å²) in [5.41, 5.74) is 5.37. The first-order chi connectivity index (χ1) is 6.83. The van der Waals surface area contributed by atoms with Gasteiger partial charge in [-0.3, -0.25) is 4.79 Å². The van der Waals surface area contributed by atoms with Crippen molar-refractivity contribution < 1.29 is 6.22 Å². The van der Waals surface area contributed by atoms with Gasteiger partial charge in [0.05, 0.1) is 0 Å². The molecule has 0 atom stereocenters. The molecule has 2 nitrogen and oxygen atoms in total. The minimum atomic E-state index is 0. The van der Waals surface area contributed by atoms with Crippen LogP contribution in [-0.2, 0) is 4.79 Å². The van der Waals surface area contributed by atoms with E-state index in [1.807, 2.05) is 0 Å². The summed E-state index contributed by atoms with van der Waals surface area (Å²) in [5.74, 6) is 0. The highest BCUT2D eigenvalue weighted by Crippen LogP contribution is 2.05. The molecule has 0 fully saturated rings. The molecule has 14 heavy (non-hydrogen) atoms. The second-order valence-electron chi connectivity index (χ2n) is 3.28. The molecule has 0 unspecified atom stereocenters. The van der Waals surface area contributed by atoms with Crippen LogP contribution < -0.4 is 5.73 Å². The van der Waals surface area contributed by atoms with Crippen LogP contribution in [0.1, 0.15) is 53.3 Å². The van der Waals surface area contributed by atoms with E-state index in [0.29, 0.717) is 6.29 Å². The number of nitrogens with two attached hydrogens (primary N) is 1. The Balaban J connectivity index is -0.000000249. The second-order valence-corrected chi connectivity index (χ2v) is 3.28. The van der Waals surface area contributed by atoms with Gasteiger partial charge >= 0.3 is 0 Å². The van der Waals surface area contributed by atoms with Crippen LogP contribution >= 0.6 is 0 Å². The number of allylic oxidation sites excluding steroid dienone is 1. The lowest BCUT2D eigenvalue weighted by molar-refractivity contribution is -0.104. The third-order valence-electron chi connectivity index (χ3n) is 1.90. The zero-order valence-electron chi connectivity index (χ0n) is 9.50. The zero-order valence-corrected chi connectivity index (χ0v) is 9.50. The lowest BCUT2D eigenvalue weighted by Gasteiger charge is -1.97. The molecule has 86 valence electrons. The number of unbranched alkanes of at least 4 members (excludes halogenated alkanes) is 6. The van der Waals surface area contributed by atoms with Gasteiger partial charge in [0.15, 0.2) is 0 Å². The molecule has 0 spiro atoms. The quantitative estimate of drug-likeness (QED) is 0.372. The molecule has 0 saturated carbocycles. The minimum Gasteiger partial charge on any atom is -0.330 e. The molecule has 0 aromatic carbocycles. The first-order valence-electron chi connectivity index (χ1n) is 5.59. The molecule has 0 radical (unpaired) electrons. The Bertz CT molecular complexity index is 104. The van der Waals surface area contributed by atoms with Gasteiger partial charge in [-0.05, 0) is 19.0 Å². The van der Waals surface area contributed by atoms with Crippen molar-refractivity contribution in [2.75, 3.05) is 6.54 Å². The summed E-state index contributed by atoms with van der Waals surface area (Å²) in [6.45, 7) is 6.23. The van der Waals surface area contributed by atoms with E-state index in [-0.39, 0.29) is 1.43 Å². The Labute approximate surface area is 90.1 Å². The van der Waals surface area contributed by atoms with Gasteiger partial charge in [-0.1, -0.05) is 52.0 Å². The van der Waals surface area contributed by atoms with Crippen LogP contribution in [0.25, 0.3) is 0 Å². The number of rotatable bonds is 8. The maximum Gasteiger partial charge on any atom is 0.142 e. The highest BCUT2D eigenvalue weighted by molar-refractivity contribution is 5.63. The van der Waals surface area contributed by atoms with Crippen molar-refractivity contribution in [3.05, 3.63) is 12.7 Å². The molecule has 0 aromatic rings. The molecule has 2 N–H and O–H groups in total. The first-order valence-corrected chi connectivity index (χ1v) is 5.59. The molecular weight excluding hydrogens is 174 g/mol. The average molecular weight is 201 g/mol. The molecule has 0 aromatic heterocycles. The van der Waals surface area contributed by atoms with E-state index in [2.05, 4.69) is 13.5 Å². The topological polar surface area (TPSA) is 43.1 Å². The van der Waals surface area contributed by atoms with E-state index in [1.54, 1.807) is 0 Å². The molecule has 2 heteroatoms. The molecule has 0 bridgehead atoms. The van der Waals surface area contributed by atoms with E-state index in [4.69, 9.17) is 10.5 Å². The molecule has 0 saturated heterocycles. The van der Waals surface area contributed by atoms with Gasteiger partial charge in [-0.15, -0.1) is 0 Å². The van der Waals surface area contributed by atoms with Crippen LogP contribution in [0.5, 0.6) is 0 Å². The van der Waals surface area contributed by atoms with Gasteiger partial charge in [0, 0.05) is 1.43 Å². The van der Waals surface area contributed by atoms with E-state index in [1.165, 1.54) is 51.0 Å². The molecule has 0 rings (SSSR count). The lowest BCUT2D eigenvalue weighted by atomic mass is 10.1. The van der Waals surface area contributed by atoms with Crippen LogP contribution in [0.15, 0.2) is 12.7 Å². The van der Waals surface area contributed by atoms with Crippen molar-refractivity contribution in [1.29, 1.82) is 0 Å². The highest BCUT2D eigenvalue weighted by atomic mass is 16.1. The molecule has 0 aliphatic rings. The van der Waals surface area contributed by atoms with Crippen LogP contribution in [0.3, 0.4) is 0 Å². The summed E-state index contributed by atoms with van der Waals surface area (Å²) >= 11 is 0. The van der Waals surface area contributed by atoms with Gasteiger partial charge in [0.2, 0.25) is 0 Å². The Kier molecular flexibility index (Phi) is 20.6. The summed E-state index contributed by atoms with van der Waals surface area (Å²) in [4.78, 5) is 9.06. The molecule has 0 amide bonds. The van der Waals surface area contributed by atoms with Crippen LogP contribution in [0.4, 0.5) is 0 Å². The van der Waals surface area contributed by atoms with Gasteiger partial charge in [-0.25, -0.2) is 0 Å². The lowest BCUT2D eigenvalue weighted by Crippen LogP contribution is -1.97. The van der Waals surface area contributed by atoms with Gasteiger partial charge in [-0.2, -0.15) is 0 Å². The third kappa shape index (κ3) is 22.5. The monoisotopic (exact) mass is 201 g/mol. The third-order valence-corrected chi connectivity index (χ3v) is 1.90. The predicted octanol–water partition coefficient (Wildman–Crippen LogP) is 3.31. The Hall–Kier alpha value is -0.630. The summed E-state index contributed by atoms with van der Waals surface area (Å²) in [5, 5.41) is 0. The largest absolute Gasteiger partial charge is 0.330 e. The van der Waals surface area contributed by atoms with Crippen LogP contribution in [-0.4, -0.2) is 12.8 Å². The summed E-state index contributed by atoms with van der Waals surface area (Å²) < 4.78 is 0. The Morgan fingerprint density at radius 1 is 1.14 bits per heavy atom. The number of aldehydes is 1. The van der Waals surface area contributed by atoms with Crippen LogP contribution in [0.2, 0.25) is 0 Å².